The molecule has 0 aromatic heterocycles. The molecule has 0 bridgehead atoms. The smallest absolute Gasteiger partial charge is 0.0720 e. The number of hydrogen-bond acceptors (Lipinski definition) is 5. The molecule has 1 rings (SSSR count). The first kappa shape index (κ1) is 10.8. The average Bonchev–Trinajstić information content (AvgIpc) is 2.14. The van der Waals surface area contributed by atoms with Crippen LogP contribution >= 0.6 is 53.0 Å². The molecule has 66 valence electrons. The number of rotatable bonds is 2. The van der Waals surface area contributed by atoms with E-state index in [2.05, 4.69) is 24.6 Å². The fraction of sp³-hybridized carbons (Fsp3) is 1.00. The third-order valence-electron chi connectivity index (χ3n) is 1.13. The van der Waals surface area contributed by atoms with Crippen LogP contribution in [-0.2, 0) is 0 Å². The third-order valence-corrected chi connectivity index (χ3v) is 9.96. The molecule has 0 spiro atoms. The van der Waals surface area contributed by atoms with Crippen LogP contribution in [0.25, 0.3) is 0 Å². The van der Waals surface area contributed by atoms with Gasteiger partial charge in [-0.05, 0) is 22.2 Å². The molecule has 5 heteroatoms. The second-order valence-corrected chi connectivity index (χ2v) is 10.2. The second kappa shape index (κ2) is 6.24. The van der Waals surface area contributed by atoms with E-state index in [1.54, 1.807) is 0 Å². The van der Waals surface area contributed by atoms with Gasteiger partial charge in [0.15, 0.2) is 0 Å². The molecule has 0 amide bonds. The molecule has 1 heterocycles. The minimum Gasteiger partial charge on any atom is -0.0811 e. The summed E-state index contributed by atoms with van der Waals surface area (Å²) in [7, 11) is 10.0. The minimum absolute atomic E-state index is 0.806. The molecule has 11 heavy (non-hydrogen) atoms. The maximum atomic E-state index is 2.30. The van der Waals surface area contributed by atoms with Crippen molar-refractivity contribution in [2.75, 3.05) is 5.08 Å². The van der Waals surface area contributed by atoms with Crippen LogP contribution in [0.5, 0.6) is 0 Å². The van der Waals surface area contributed by atoms with Crippen molar-refractivity contribution >= 4 is 53.0 Å². The molecule has 1 fully saturated rings. The molecule has 0 nitrogen and oxygen atoms in total. The first-order chi connectivity index (χ1) is 5.29. The lowest BCUT2D eigenvalue weighted by Gasteiger charge is -2.12. The summed E-state index contributed by atoms with van der Waals surface area (Å²) < 4.78 is 0.806. The SMILES string of the molecule is CC(C)C[C@H]1SSCSSS1. The Morgan fingerprint density at radius 1 is 1.27 bits per heavy atom. The lowest BCUT2D eigenvalue weighted by Crippen LogP contribution is -1.98. The van der Waals surface area contributed by atoms with Crippen LogP contribution in [0.1, 0.15) is 20.3 Å². The highest BCUT2D eigenvalue weighted by Crippen LogP contribution is 2.53. The van der Waals surface area contributed by atoms with Gasteiger partial charge in [-0.3, -0.25) is 0 Å². The summed E-state index contributed by atoms with van der Waals surface area (Å²) in [4.78, 5) is 0. The van der Waals surface area contributed by atoms with E-state index < -0.39 is 0 Å². The van der Waals surface area contributed by atoms with Gasteiger partial charge in [0.2, 0.25) is 0 Å². The Bertz CT molecular complexity index is 97.1. The molecule has 0 aromatic carbocycles. The molecule has 1 saturated heterocycles. The van der Waals surface area contributed by atoms with Crippen LogP contribution in [0.15, 0.2) is 0 Å². The number of hydrogen-bond donors (Lipinski definition) is 0. The van der Waals surface area contributed by atoms with E-state index in [0.717, 1.165) is 10.5 Å². The summed E-state index contributed by atoms with van der Waals surface area (Å²) in [6, 6.07) is 0. The van der Waals surface area contributed by atoms with Gasteiger partial charge in [0.25, 0.3) is 0 Å². The molecule has 0 unspecified atom stereocenters. The van der Waals surface area contributed by atoms with E-state index in [1.165, 1.54) is 11.5 Å². The van der Waals surface area contributed by atoms with Crippen LogP contribution in [0, 0.1) is 5.92 Å². The fourth-order valence-electron chi connectivity index (χ4n) is 0.694. The maximum absolute atomic E-state index is 2.30. The Morgan fingerprint density at radius 3 is 2.82 bits per heavy atom. The van der Waals surface area contributed by atoms with Crippen LogP contribution < -0.4 is 0 Å². The lowest BCUT2D eigenvalue weighted by molar-refractivity contribution is 0.621. The van der Waals surface area contributed by atoms with Crippen LogP contribution in [0.4, 0.5) is 0 Å². The largest absolute Gasteiger partial charge is 0.0811 e. The highest BCUT2D eigenvalue weighted by molar-refractivity contribution is 9.13. The highest BCUT2D eigenvalue weighted by atomic mass is 33.5. The molecule has 0 aliphatic carbocycles. The van der Waals surface area contributed by atoms with Crippen molar-refractivity contribution in [1.82, 2.24) is 0 Å². The van der Waals surface area contributed by atoms with E-state index in [0.29, 0.717) is 0 Å². The molecule has 1 aliphatic rings. The van der Waals surface area contributed by atoms with Crippen molar-refractivity contribution in [3.05, 3.63) is 0 Å². The zero-order chi connectivity index (χ0) is 8.10. The Kier molecular flexibility index (Phi) is 6.14. The van der Waals surface area contributed by atoms with Crippen molar-refractivity contribution in [1.29, 1.82) is 0 Å². The molecule has 1 aliphatic heterocycles. The minimum atomic E-state index is 0.806. The Balaban J connectivity index is 2.20. The molecule has 0 aromatic rings. The van der Waals surface area contributed by atoms with Gasteiger partial charge in [0, 0.05) is 0 Å². The summed E-state index contributed by atoms with van der Waals surface area (Å²) in [5.74, 6) is 0.837. The Morgan fingerprint density at radius 2 is 2.09 bits per heavy atom. The van der Waals surface area contributed by atoms with Gasteiger partial charge in [-0.1, -0.05) is 57.0 Å². The van der Waals surface area contributed by atoms with Gasteiger partial charge in [-0.25, -0.2) is 0 Å². The molecule has 0 saturated carbocycles. The topological polar surface area (TPSA) is 0 Å². The van der Waals surface area contributed by atoms with Crippen LogP contribution in [0.3, 0.4) is 0 Å². The predicted octanol–water partition coefficient (Wildman–Crippen LogP) is 4.74. The fourth-order valence-corrected chi connectivity index (χ4v) is 11.1. The van der Waals surface area contributed by atoms with E-state index in [-0.39, 0.29) is 0 Å². The quantitative estimate of drug-likeness (QED) is 0.641. The maximum Gasteiger partial charge on any atom is 0.0720 e. The first-order valence-electron chi connectivity index (χ1n) is 3.52. The summed E-state index contributed by atoms with van der Waals surface area (Å²) in [6.07, 6.45) is 1.34. The van der Waals surface area contributed by atoms with E-state index in [9.17, 15) is 0 Å². The van der Waals surface area contributed by atoms with Gasteiger partial charge >= 0.3 is 0 Å². The van der Waals surface area contributed by atoms with Crippen molar-refractivity contribution in [3.63, 3.8) is 0 Å². The molecular formula is C6H12S5. The summed E-state index contributed by atoms with van der Waals surface area (Å²) in [6.45, 7) is 4.60. The second-order valence-electron chi connectivity index (χ2n) is 2.67. The summed E-state index contributed by atoms with van der Waals surface area (Å²) in [5, 5.41) is 1.23. The molecule has 1 atom stereocenters. The van der Waals surface area contributed by atoms with Crippen molar-refractivity contribution in [2.45, 2.75) is 24.9 Å². The molecule has 0 N–H and O–H groups in total. The molecule has 0 radical (unpaired) electrons. The molecular weight excluding hydrogens is 232 g/mol. The zero-order valence-corrected chi connectivity index (χ0v) is 10.7. The monoisotopic (exact) mass is 244 g/mol. The van der Waals surface area contributed by atoms with E-state index >= 15 is 0 Å². The first-order valence-corrected chi connectivity index (χ1v) is 9.62. The Labute approximate surface area is 88.4 Å². The normalized spacial score (nSPS) is 27.0. The van der Waals surface area contributed by atoms with Gasteiger partial charge in [0.05, 0.1) is 9.67 Å². The van der Waals surface area contributed by atoms with Crippen LogP contribution in [-0.4, -0.2) is 9.67 Å². The standard InChI is InChI=1S/C6H12S5/c1-5(2)3-6-9-7-4-8-11-10-6/h5-6H,3-4H2,1-2H3/t6-/m0/s1. The van der Waals surface area contributed by atoms with Crippen LogP contribution in [0.2, 0.25) is 0 Å². The van der Waals surface area contributed by atoms with Gasteiger partial charge < -0.3 is 0 Å². The van der Waals surface area contributed by atoms with E-state index in [1.807, 2.05) is 42.2 Å². The van der Waals surface area contributed by atoms with Crippen molar-refractivity contribution in [3.8, 4) is 0 Å². The summed E-state index contributed by atoms with van der Waals surface area (Å²) in [5.41, 5.74) is 0. The average molecular weight is 244 g/mol. The summed E-state index contributed by atoms with van der Waals surface area (Å²) >= 11 is 0. The van der Waals surface area contributed by atoms with E-state index in [4.69, 9.17) is 0 Å². The van der Waals surface area contributed by atoms with Gasteiger partial charge in [-0.15, -0.1) is 0 Å². The zero-order valence-electron chi connectivity index (χ0n) is 6.61. The van der Waals surface area contributed by atoms with Crippen molar-refractivity contribution in [2.24, 2.45) is 5.92 Å². The lowest BCUT2D eigenvalue weighted by atomic mass is 10.2. The van der Waals surface area contributed by atoms with Crippen molar-refractivity contribution < 1.29 is 0 Å². The van der Waals surface area contributed by atoms with Gasteiger partial charge in [-0.2, -0.15) is 0 Å². The Hall–Kier alpha value is 1.75. The predicted molar refractivity (Wildman–Crippen MR) is 66.1 cm³/mol. The van der Waals surface area contributed by atoms with Gasteiger partial charge in [0.1, 0.15) is 0 Å². The third kappa shape index (κ3) is 5.13. The highest BCUT2D eigenvalue weighted by Gasteiger charge is 2.15.